The number of carboxylic acid groups (broad SMARTS) is 1. The number of carbonyl (C=O) groups excluding carboxylic acids is 2. The molecular formula is C22H19Cl2NO5. The lowest BCUT2D eigenvalue weighted by Crippen LogP contribution is -2.41. The van der Waals surface area contributed by atoms with Gasteiger partial charge in [-0.1, -0.05) is 49.2 Å². The van der Waals surface area contributed by atoms with Crippen molar-refractivity contribution in [3.8, 4) is 5.75 Å². The molecule has 2 aromatic carbocycles. The predicted octanol–water partition coefficient (Wildman–Crippen LogP) is 5.50. The van der Waals surface area contributed by atoms with Crippen molar-refractivity contribution in [2.75, 3.05) is 0 Å². The second-order valence-electron chi connectivity index (χ2n) is 6.84. The number of carboxylic acids is 1. The Bertz CT molecular complexity index is 1150. The second-order valence-corrected chi connectivity index (χ2v) is 7.72. The van der Waals surface area contributed by atoms with Crippen molar-refractivity contribution in [2.24, 2.45) is 5.41 Å². The first kappa shape index (κ1) is 21.9. The van der Waals surface area contributed by atoms with Gasteiger partial charge in [0.05, 0.1) is 5.52 Å². The quantitative estimate of drug-likeness (QED) is 0.283. The van der Waals surface area contributed by atoms with Crippen LogP contribution in [0.3, 0.4) is 0 Å². The van der Waals surface area contributed by atoms with Gasteiger partial charge in [0.2, 0.25) is 5.78 Å². The molecule has 3 aromatic rings. The van der Waals surface area contributed by atoms with Crippen LogP contribution in [-0.4, -0.2) is 27.8 Å². The van der Waals surface area contributed by atoms with Gasteiger partial charge in [-0.15, -0.1) is 0 Å². The lowest BCUT2D eigenvalue weighted by atomic mass is 9.82. The number of aromatic nitrogens is 1. The molecular weight excluding hydrogens is 429 g/mol. The number of aliphatic carboxylic acids is 1. The molecule has 0 aliphatic heterocycles. The van der Waals surface area contributed by atoms with E-state index in [-0.39, 0.29) is 29.8 Å². The summed E-state index contributed by atoms with van der Waals surface area (Å²) in [5, 5.41) is 10.9. The third kappa shape index (κ3) is 3.80. The van der Waals surface area contributed by atoms with Crippen molar-refractivity contribution in [3.05, 3.63) is 63.8 Å². The summed E-state index contributed by atoms with van der Waals surface area (Å²) in [4.78, 5) is 40.9. The van der Waals surface area contributed by atoms with Crippen molar-refractivity contribution in [1.29, 1.82) is 0 Å². The fourth-order valence-electron chi connectivity index (χ4n) is 3.30. The zero-order chi connectivity index (χ0) is 22.1. The average Bonchev–Trinajstić information content (AvgIpc) is 3.05. The molecule has 0 aliphatic rings. The molecule has 0 spiro atoms. The Morgan fingerprint density at radius 3 is 2.30 bits per heavy atom. The molecule has 0 atom stereocenters. The van der Waals surface area contributed by atoms with Crippen LogP contribution < -0.4 is 4.74 Å². The molecule has 0 fully saturated rings. The van der Waals surface area contributed by atoms with Crippen LogP contribution in [0.25, 0.3) is 10.9 Å². The van der Waals surface area contributed by atoms with Crippen LogP contribution in [0, 0.1) is 5.41 Å². The highest BCUT2D eigenvalue weighted by Gasteiger charge is 2.45. The van der Waals surface area contributed by atoms with Gasteiger partial charge >= 0.3 is 11.9 Å². The van der Waals surface area contributed by atoms with Gasteiger partial charge in [-0.25, -0.2) is 0 Å². The minimum absolute atomic E-state index is 0.00868. The maximum Gasteiger partial charge on any atom is 0.328 e. The van der Waals surface area contributed by atoms with E-state index in [1.165, 1.54) is 6.07 Å². The Morgan fingerprint density at radius 1 is 1.03 bits per heavy atom. The van der Waals surface area contributed by atoms with Gasteiger partial charge in [0.25, 0.3) is 0 Å². The van der Waals surface area contributed by atoms with Crippen molar-refractivity contribution in [1.82, 2.24) is 4.98 Å². The molecule has 0 saturated carbocycles. The normalized spacial score (nSPS) is 11.5. The summed E-state index contributed by atoms with van der Waals surface area (Å²) in [7, 11) is 0. The summed E-state index contributed by atoms with van der Waals surface area (Å²) in [6.45, 7) is 3.21. The summed E-state index contributed by atoms with van der Waals surface area (Å²) in [5.74, 6) is -2.70. The number of ketones is 1. The monoisotopic (exact) mass is 447 g/mol. The molecule has 8 heteroatoms. The number of hydrogen-bond donors (Lipinski definition) is 2. The number of ether oxygens (including phenoxy) is 1. The van der Waals surface area contributed by atoms with Crippen molar-refractivity contribution in [3.63, 3.8) is 0 Å². The molecule has 0 unspecified atom stereocenters. The lowest BCUT2D eigenvalue weighted by Gasteiger charge is -2.24. The minimum Gasteiger partial charge on any atom is -0.480 e. The number of carbonyl (C=O) groups is 3. The Morgan fingerprint density at radius 2 is 1.70 bits per heavy atom. The molecule has 3 rings (SSSR count). The molecule has 156 valence electrons. The van der Waals surface area contributed by atoms with E-state index < -0.39 is 23.1 Å². The van der Waals surface area contributed by atoms with Crippen LogP contribution in [0.15, 0.2) is 42.5 Å². The lowest BCUT2D eigenvalue weighted by molar-refractivity contribution is -0.163. The van der Waals surface area contributed by atoms with E-state index in [0.717, 1.165) is 0 Å². The predicted molar refractivity (Wildman–Crippen MR) is 114 cm³/mol. The summed E-state index contributed by atoms with van der Waals surface area (Å²) in [6.07, 6.45) is 0.0901. The molecule has 0 amide bonds. The highest BCUT2D eigenvalue weighted by atomic mass is 35.5. The molecule has 0 bridgehead atoms. The number of nitrogens with one attached hydrogen (secondary N) is 1. The zero-order valence-electron chi connectivity index (χ0n) is 16.3. The van der Waals surface area contributed by atoms with Gasteiger partial charge in [-0.3, -0.25) is 14.4 Å². The maximum absolute atomic E-state index is 13.1. The highest BCUT2D eigenvalue weighted by Crippen LogP contribution is 2.37. The van der Waals surface area contributed by atoms with Gasteiger partial charge in [0.1, 0.15) is 5.69 Å². The van der Waals surface area contributed by atoms with Crippen LogP contribution in [-0.2, 0) is 9.59 Å². The van der Waals surface area contributed by atoms with Gasteiger partial charge in [-0.05, 0) is 43.2 Å². The van der Waals surface area contributed by atoms with Gasteiger partial charge < -0.3 is 14.8 Å². The van der Waals surface area contributed by atoms with Crippen LogP contribution in [0.1, 0.15) is 42.7 Å². The topological polar surface area (TPSA) is 96.5 Å². The van der Waals surface area contributed by atoms with E-state index in [4.69, 9.17) is 27.9 Å². The Kier molecular flexibility index (Phi) is 6.19. The van der Waals surface area contributed by atoms with Crippen LogP contribution in [0.4, 0.5) is 0 Å². The van der Waals surface area contributed by atoms with Crippen molar-refractivity contribution < 1.29 is 24.2 Å². The number of halogens is 2. The number of esters is 1. The van der Waals surface area contributed by atoms with E-state index in [1.54, 1.807) is 50.2 Å². The number of benzene rings is 2. The minimum atomic E-state index is -1.72. The Balaban J connectivity index is 2.15. The highest BCUT2D eigenvalue weighted by molar-refractivity contribution is 6.32. The van der Waals surface area contributed by atoms with Crippen LogP contribution >= 0.6 is 23.2 Å². The van der Waals surface area contributed by atoms with Gasteiger partial charge in [-0.2, -0.15) is 0 Å². The zero-order valence-corrected chi connectivity index (χ0v) is 17.8. The van der Waals surface area contributed by atoms with E-state index in [0.29, 0.717) is 20.9 Å². The van der Waals surface area contributed by atoms with Crippen molar-refractivity contribution in [2.45, 2.75) is 26.7 Å². The maximum atomic E-state index is 13.1. The number of fused-ring (bicyclic) bond motifs is 1. The Labute approximate surface area is 182 Å². The molecule has 0 radical (unpaired) electrons. The fourth-order valence-corrected chi connectivity index (χ4v) is 3.67. The van der Waals surface area contributed by atoms with Crippen LogP contribution in [0.2, 0.25) is 10.0 Å². The van der Waals surface area contributed by atoms with E-state index in [1.807, 2.05) is 0 Å². The molecule has 1 aromatic heterocycles. The number of H-pyrrole nitrogens is 1. The van der Waals surface area contributed by atoms with Crippen molar-refractivity contribution >= 4 is 51.8 Å². The van der Waals surface area contributed by atoms with Gasteiger partial charge in [0.15, 0.2) is 11.2 Å². The first-order chi connectivity index (χ1) is 14.2. The number of aromatic amines is 1. The largest absolute Gasteiger partial charge is 0.480 e. The third-order valence-corrected chi connectivity index (χ3v) is 5.70. The Hall–Kier alpha value is -2.83. The number of hydrogen-bond acceptors (Lipinski definition) is 4. The average molecular weight is 448 g/mol. The molecule has 30 heavy (non-hydrogen) atoms. The van der Waals surface area contributed by atoms with E-state index in [9.17, 15) is 19.5 Å². The molecule has 0 aliphatic carbocycles. The summed E-state index contributed by atoms with van der Waals surface area (Å²) >= 11 is 12.1. The number of rotatable bonds is 7. The van der Waals surface area contributed by atoms with Gasteiger partial charge in [0, 0.05) is 21.0 Å². The summed E-state index contributed by atoms with van der Waals surface area (Å²) in [6, 6.07) is 11.1. The second kappa shape index (κ2) is 8.50. The van der Waals surface area contributed by atoms with E-state index >= 15 is 0 Å². The first-order valence-corrected chi connectivity index (χ1v) is 10.1. The summed E-state index contributed by atoms with van der Waals surface area (Å²) < 4.78 is 5.57. The SMILES string of the molecule is CCC(CC)(C(=O)O)C(=O)Oc1c(C(=O)c2cccc(Cl)c2)[nH]c2cc(Cl)ccc12. The smallest absolute Gasteiger partial charge is 0.328 e. The molecule has 1 heterocycles. The molecule has 2 N–H and O–H groups in total. The first-order valence-electron chi connectivity index (χ1n) is 9.30. The molecule has 0 saturated heterocycles. The summed E-state index contributed by atoms with van der Waals surface area (Å²) in [5.41, 5.74) is -0.946. The van der Waals surface area contributed by atoms with E-state index in [2.05, 4.69) is 4.98 Å². The third-order valence-electron chi connectivity index (χ3n) is 5.23. The molecule has 6 nitrogen and oxygen atoms in total. The van der Waals surface area contributed by atoms with Crippen LogP contribution in [0.5, 0.6) is 5.75 Å². The fraction of sp³-hybridized carbons (Fsp3) is 0.227. The standard InChI is InChI=1S/C22H19Cl2NO5/c1-3-22(4-2,20(27)28)21(29)30-19-15-9-8-14(24)11-16(15)25-17(19)18(26)12-6-5-7-13(23)10-12/h5-11,25H,3-4H2,1-2H3,(H,27,28).